The van der Waals surface area contributed by atoms with Gasteiger partial charge in [0.25, 0.3) is 5.91 Å². The molecule has 0 N–H and O–H groups in total. The highest BCUT2D eigenvalue weighted by Gasteiger charge is 2.29. The Labute approximate surface area is 122 Å². The zero-order chi connectivity index (χ0) is 13.3. The number of likely N-dealkylation sites (tertiary alicyclic amines) is 1. The topological polar surface area (TPSA) is 20.3 Å². The third kappa shape index (κ3) is 2.76. The Morgan fingerprint density at radius 1 is 1.33 bits per heavy atom. The van der Waals surface area contributed by atoms with Crippen LogP contribution in [-0.4, -0.2) is 29.3 Å². The number of rotatable bonds is 1. The molecule has 0 saturated carbocycles. The maximum atomic E-state index is 12.4. The molecule has 18 heavy (non-hydrogen) atoms. The number of carbonyl (C=O) groups is 1. The molecule has 1 aromatic carbocycles. The molecule has 1 aliphatic heterocycles. The van der Waals surface area contributed by atoms with Crippen LogP contribution in [0.15, 0.2) is 18.2 Å². The lowest BCUT2D eigenvalue weighted by atomic mass is 9.98. The highest BCUT2D eigenvalue weighted by Crippen LogP contribution is 2.28. The fraction of sp³-hybridized carbons (Fsp3) is 0.462. The van der Waals surface area contributed by atoms with E-state index in [9.17, 15) is 4.79 Å². The van der Waals surface area contributed by atoms with Gasteiger partial charge in [-0.2, -0.15) is 0 Å². The van der Waals surface area contributed by atoms with Gasteiger partial charge in [-0.3, -0.25) is 4.79 Å². The van der Waals surface area contributed by atoms with Crippen LogP contribution in [0.25, 0.3) is 0 Å². The smallest absolute Gasteiger partial charge is 0.256 e. The van der Waals surface area contributed by atoms with E-state index in [1.165, 1.54) is 0 Å². The first kappa shape index (κ1) is 14.0. The average Bonchev–Trinajstić information content (AvgIpc) is 2.32. The van der Waals surface area contributed by atoms with Gasteiger partial charge in [0, 0.05) is 13.1 Å². The quantitative estimate of drug-likeness (QED) is 0.716. The SMILES string of the molecule is CC1CCN(C(=O)c2c(Cl)cccc2Cl)CC1Cl. The van der Waals surface area contributed by atoms with Crippen LogP contribution in [0.3, 0.4) is 0 Å². The van der Waals surface area contributed by atoms with Crippen molar-refractivity contribution < 1.29 is 4.79 Å². The second-order valence-electron chi connectivity index (χ2n) is 4.63. The van der Waals surface area contributed by atoms with Crippen molar-refractivity contribution in [3.63, 3.8) is 0 Å². The summed E-state index contributed by atoms with van der Waals surface area (Å²) in [5.41, 5.74) is 0.374. The highest BCUT2D eigenvalue weighted by atomic mass is 35.5. The molecule has 98 valence electrons. The van der Waals surface area contributed by atoms with Crippen molar-refractivity contribution in [2.45, 2.75) is 18.7 Å². The van der Waals surface area contributed by atoms with Crippen LogP contribution in [0.1, 0.15) is 23.7 Å². The van der Waals surface area contributed by atoms with E-state index in [-0.39, 0.29) is 11.3 Å². The molecule has 1 aliphatic rings. The number of piperidine rings is 1. The van der Waals surface area contributed by atoms with Gasteiger partial charge in [0.2, 0.25) is 0 Å². The van der Waals surface area contributed by atoms with Gasteiger partial charge in [0.1, 0.15) is 0 Å². The molecule has 1 saturated heterocycles. The van der Waals surface area contributed by atoms with Crippen molar-refractivity contribution in [2.24, 2.45) is 5.92 Å². The summed E-state index contributed by atoms with van der Waals surface area (Å²) in [6.07, 6.45) is 0.905. The second kappa shape index (κ2) is 5.68. The van der Waals surface area contributed by atoms with E-state index >= 15 is 0 Å². The van der Waals surface area contributed by atoms with Gasteiger partial charge in [0.05, 0.1) is 21.0 Å². The average molecular weight is 307 g/mol. The summed E-state index contributed by atoms with van der Waals surface area (Å²) >= 11 is 18.3. The lowest BCUT2D eigenvalue weighted by molar-refractivity contribution is 0.0702. The van der Waals surface area contributed by atoms with Crippen molar-refractivity contribution in [2.75, 3.05) is 13.1 Å². The van der Waals surface area contributed by atoms with E-state index in [1.54, 1.807) is 23.1 Å². The Kier molecular flexibility index (Phi) is 4.41. The number of benzene rings is 1. The molecule has 2 rings (SSSR count). The highest BCUT2D eigenvalue weighted by molar-refractivity contribution is 6.39. The number of hydrogen-bond acceptors (Lipinski definition) is 1. The van der Waals surface area contributed by atoms with E-state index in [2.05, 4.69) is 6.92 Å². The summed E-state index contributed by atoms with van der Waals surface area (Å²) in [4.78, 5) is 14.1. The minimum absolute atomic E-state index is 0.0102. The summed E-state index contributed by atoms with van der Waals surface area (Å²) < 4.78 is 0. The zero-order valence-electron chi connectivity index (χ0n) is 10.00. The molecule has 0 bridgehead atoms. The van der Waals surface area contributed by atoms with E-state index in [0.717, 1.165) is 6.42 Å². The standard InChI is InChI=1S/C13H14Cl3NO/c1-8-5-6-17(7-11(8)16)13(18)12-9(14)3-2-4-10(12)15/h2-4,8,11H,5-7H2,1H3. The predicted octanol–water partition coefficient (Wildman–Crippen LogP) is 4.08. The zero-order valence-corrected chi connectivity index (χ0v) is 12.3. The third-order valence-corrected chi connectivity index (χ3v) is 4.53. The molecule has 0 spiro atoms. The van der Waals surface area contributed by atoms with Gasteiger partial charge in [-0.25, -0.2) is 0 Å². The summed E-state index contributed by atoms with van der Waals surface area (Å²) in [6, 6.07) is 5.07. The molecule has 2 atom stereocenters. The third-order valence-electron chi connectivity index (χ3n) is 3.33. The Morgan fingerprint density at radius 3 is 2.50 bits per heavy atom. The van der Waals surface area contributed by atoms with Gasteiger partial charge in [0.15, 0.2) is 0 Å². The molecule has 2 nitrogen and oxygen atoms in total. The molecule has 1 amide bonds. The van der Waals surface area contributed by atoms with Crippen LogP contribution in [0.5, 0.6) is 0 Å². The van der Waals surface area contributed by atoms with Gasteiger partial charge in [-0.15, -0.1) is 11.6 Å². The monoisotopic (exact) mass is 305 g/mol. The second-order valence-corrected chi connectivity index (χ2v) is 6.00. The summed E-state index contributed by atoms with van der Waals surface area (Å²) in [6.45, 7) is 3.34. The maximum Gasteiger partial charge on any atom is 0.256 e. The fourth-order valence-electron chi connectivity index (χ4n) is 2.07. The predicted molar refractivity (Wildman–Crippen MR) is 75.8 cm³/mol. The molecule has 0 radical (unpaired) electrons. The number of hydrogen-bond donors (Lipinski definition) is 0. The largest absolute Gasteiger partial charge is 0.337 e. The summed E-state index contributed by atoms with van der Waals surface area (Å²) in [5, 5.41) is 0.762. The molecular formula is C13H14Cl3NO. The van der Waals surface area contributed by atoms with Crippen molar-refractivity contribution in [3.8, 4) is 0 Å². The Morgan fingerprint density at radius 2 is 1.94 bits per heavy atom. The molecule has 1 heterocycles. The van der Waals surface area contributed by atoms with Gasteiger partial charge in [-0.05, 0) is 24.5 Å². The van der Waals surface area contributed by atoms with Crippen molar-refractivity contribution in [3.05, 3.63) is 33.8 Å². The first-order chi connectivity index (χ1) is 8.50. The minimum atomic E-state index is -0.136. The van der Waals surface area contributed by atoms with Crippen LogP contribution in [0.2, 0.25) is 10.0 Å². The lowest BCUT2D eigenvalue weighted by Gasteiger charge is -2.34. The van der Waals surface area contributed by atoms with E-state index in [4.69, 9.17) is 34.8 Å². The normalized spacial score (nSPS) is 24.1. The summed E-state index contributed by atoms with van der Waals surface area (Å²) in [7, 11) is 0. The molecule has 2 unspecified atom stereocenters. The van der Waals surface area contributed by atoms with Crippen LogP contribution < -0.4 is 0 Å². The van der Waals surface area contributed by atoms with Gasteiger partial charge in [-0.1, -0.05) is 36.2 Å². The molecular weight excluding hydrogens is 293 g/mol. The van der Waals surface area contributed by atoms with Crippen LogP contribution >= 0.6 is 34.8 Å². The van der Waals surface area contributed by atoms with E-state index in [1.807, 2.05) is 0 Å². The van der Waals surface area contributed by atoms with E-state index < -0.39 is 0 Å². The first-order valence-electron chi connectivity index (χ1n) is 5.88. The fourth-order valence-corrected chi connectivity index (χ4v) is 2.92. The number of alkyl halides is 1. The van der Waals surface area contributed by atoms with Crippen LogP contribution in [-0.2, 0) is 0 Å². The van der Waals surface area contributed by atoms with Crippen molar-refractivity contribution >= 4 is 40.7 Å². The Balaban J connectivity index is 2.22. The molecule has 0 aromatic heterocycles. The number of halogens is 3. The summed E-state index contributed by atoms with van der Waals surface area (Å²) in [5.74, 6) is 0.292. The minimum Gasteiger partial charge on any atom is -0.337 e. The first-order valence-corrected chi connectivity index (χ1v) is 7.07. The van der Waals surface area contributed by atoms with Gasteiger partial charge < -0.3 is 4.90 Å². The molecule has 1 aromatic rings. The number of carbonyl (C=O) groups excluding carboxylic acids is 1. The van der Waals surface area contributed by atoms with Crippen LogP contribution in [0.4, 0.5) is 0 Å². The van der Waals surface area contributed by atoms with Crippen LogP contribution in [0, 0.1) is 5.92 Å². The van der Waals surface area contributed by atoms with Gasteiger partial charge >= 0.3 is 0 Å². The Bertz CT molecular complexity index is 443. The maximum absolute atomic E-state index is 12.4. The van der Waals surface area contributed by atoms with Crippen molar-refractivity contribution in [1.29, 1.82) is 0 Å². The molecule has 5 heteroatoms. The number of amides is 1. The lowest BCUT2D eigenvalue weighted by Crippen LogP contribution is -2.44. The molecule has 0 aliphatic carbocycles. The molecule has 1 fully saturated rings. The Hall–Kier alpha value is -0.440. The van der Waals surface area contributed by atoms with Crippen molar-refractivity contribution in [1.82, 2.24) is 4.90 Å². The van der Waals surface area contributed by atoms with E-state index in [0.29, 0.717) is 34.6 Å². The number of nitrogens with zero attached hydrogens (tertiary/aromatic N) is 1.